The molecule has 0 unspecified atom stereocenters. The number of hydrogen-bond acceptors (Lipinski definition) is 3. The molecule has 0 aliphatic heterocycles. The number of aromatic nitrogens is 1. The number of hydrogen-bond donors (Lipinski definition) is 2. The number of nitrogens with zero attached hydrogens (tertiary/aromatic N) is 1. The maximum Gasteiger partial charge on any atom is 0.255 e. The van der Waals surface area contributed by atoms with Crippen molar-refractivity contribution in [3.63, 3.8) is 0 Å². The van der Waals surface area contributed by atoms with E-state index in [2.05, 4.69) is 10.3 Å². The molecule has 0 saturated carbocycles. The van der Waals surface area contributed by atoms with Crippen LogP contribution in [0.2, 0.25) is 0 Å². The largest absolute Gasteiger partial charge is 0.508 e. The number of aryl methyl sites for hydroxylation is 2. The number of rotatable bonds is 2. The third kappa shape index (κ3) is 2.66. The molecular weight excluding hydrogens is 228 g/mol. The molecule has 92 valence electrons. The number of amides is 1. The zero-order valence-corrected chi connectivity index (χ0v) is 10.3. The molecular formula is C14H14N2O2. The van der Waals surface area contributed by atoms with Gasteiger partial charge in [0, 0.05) is 23.1 Å². The smallest absolute Gasteiger partial charge is 0.255 e. The first-order valence-corrected chi connectivity index (χ1v) is 5.60. The molecule has 1 amide bonds. The van der Waals surface area contributed by atoms with Crippen LogP contribution in [0, 0.1) is 13.8 Å². The van der Waals surface area contributed by atoms with E-state index in [1.54, 1.807) is 37.4 Å². The Bertz CT molecular complexity index is 594. The number of aromatic hydroxyl groups is 1. The van der Waals surface area contributed by atoms with Crippen LogP contribution in [0.3, 0.4) is 0 Å². The van der Waals surface area contributed by atoms with Gasteiger partial charge in [0.25, 0.3) is 5.91 Å². The van der Waals surface area contributed by atoms with E-state index in [4.69, 9.17) is 0 Å². The van der Waals surface area contributed by atoms with Gasteiger partial charge in [-0.15, -0.1) is 0 Å². The van der Waals surface area contributed by atoms with Gasteiger partial charge in [0.15, 0.2) is 0 Å². The Kier molecular flexibility index (Phi) is 3.28. The Balaban J connectivity index is 2.19. The minimum absolute atomic E-state index is 0.186. The molecule has 1 aromatic heterocycles. The number of phenolic OH excluding ortho intramolecular Hbond substituents is 1. The standard InChI is InChI=1S/C14H14N2O2/c1-9-7-11(3-4-13(9)17)14(18)16-12-5-6-15-10(2)8-12/h3-8,17H,1-2H3,(H,15,16,18). The SMILES string of the molecule is Cc1cc(NC(=O)c2ccc(O)c(C)c2)ccn1. The van der Waals surface area contributed by atoms with Crippen molar-refractivity contribution < 1.29 is 9.90 Å². The molecule has 0 radical (unpaired) electrons. The molecule has 4 heteroatoms. The second kappa shape index (κ2) is 4.87. The predicted octanol–water partition coefficient (Wildman–Crippen LogP) is 2.66. The van der Waals surface area contributed by atoms with Gasteiger partial charge >= 0.3 is 0 Å². The van der Waals surface area contributed by atoms with Gasteiger partial charge < -0.3 is 10.4 Å². The van der Waals surface area contributed by atoms with Crippen molar-refractivity contribution in [3.8, 4) is 5.75 Å². The van der Waals surface area contributed by atoms with Crippen molar-refractivity contribution in [3.05, 3.63) is 53.3 Å². The molecule has 0 aliphatic rings. The Hall–Kier alpha value is -2.36. The molecule has 2 aromatic rings. The highest BCUT2D eigenvalue weighted by Crippen LogP contribution is 2.18. The summed E-state index contributed by atoms with van der Waals surface area (Å²) in [5, 5.41) is 12.2. The fraction of sp³-hybridized carbons (Fsp3) is 0.143. The third-order valence-corrected chi connectivity index (χ3v) is 2.61. The minimum Gasteiger partial charge on any atom is -0.508 e. The fourth-order valence-electron chi connectivity index (χ4n) is 1.62. The Morgan fingerprint density at radius 1 is 1.22 bits per heavy atom. The zero-order chi connectivity index (χ0) is 13.1. The lowest BCUT2D eigenvalue weighted by Crippen LogP contribution is -2.12. The number of carbonyl (C=O) groups excluding carboxylic acids is 1. The minimum atomic E-state index is -0.205. The number of phenols is 1. The number of carbonyl (C=O) groups is 1. The molecule has 18 heavy (non-hydrogen) atoms. The maximum absolute atomic E-state index is 12.0. The lowest BCUT2D eigenvalue weighted by molar-refractivity contribution is 0.102. The van der Waals surface area contributed by atoms with E-state index in [0.29, 0.717) is 16.8 Å². The van der Waals surface area contributed by atoms with E-state index < -0.39 is 0 Å². The van der Waals surface area contributed by atoms with E-state index in [1.807, 2.05) is 6.92 Å². The van der Waals surface area contributed by atoms with Crippen molar-refractivity contribution in [2.45, 2.75) is 13.8 Å². The van der Waals surface area contributed by atoms with Gasteiger partial charge in [-0.1, -0.05) is 0 Å². The molecule has 2 rings (SSSR count). The lowest BCUT2D eigenvalue weighted by Gasteiger charge is -2.07. The molecule has 0 saturated heterocycles. The van der Waals surface area contributed by atoms with Crippen LogP contribution in [0.15, 0.2) is 36.5 Å². The van der Waals surface area contributed by atoms with Crippen molar-refractivity contribution >= 4 is 11.6 Å². The summed E-state index contributed by atoms with van der Waals surface area (Å²) in [5.74, 6) is -0.0185. The normalized spacial score (nSPS) is 10.1. The molecule has 2 N–H and O–H groups in total. The summed E-state index contributed by atoms with van der Waals surface area (Å²) in [6.45, 7) is 3.61. The van der Waals surface area contributed by atoms with Crippen molar-refractivity contribution in [2.24, 2.45) is 0 Å². The van der Waals surface area contributed by atoms with Crippen molar-refractivity contribution in [1.82, 2.24) is 4.98 Å². The molecule has 0 atom stereocenters. The second-order valence-electron chi connectivity index (χ2n) is 4.14. The Labute approximate surface area is 105 Å². The van der Waals surface area contributed by atoms with Gasteiger partial charge in [-0.05, 0) is 49.7 Å². The third-order valence-electron chi connectivity index (χ3n) is 2.61. The second-order valence-corrected chi connectivity index (χ2v) is 4.14. The van der Waals surface area contributed by atoms with Gasteiger partial charge in [0.05, 0.1) is 0 Å². The monoisotopic (exact) mass is 242 g/mol. The lowest BCUT2D eigenvalue weighted by atomic mass is 10.1. The predicted molar refractivity (Wildman–Crippen MR) is 69.8 cm³/mol. The van der Waals surface area contributed by atoms with E-state index in [9.17, 15) is 9.90 Å². The first-order chi connectivity index (χ1) is 8.56. The van der Waals surface area contributed by atoms with Crippen molar-refractivity contribution in [2.75, 3.05) is 5.32 Å². The Morgan fingerprint density at radius 2 is 2.00 bits per heavy atom. The van der Waals surface area contributed by atoms with Crippen LogP contribution in [-0.2, 0) is 0 Å². The summed E-state index contributed by atoms with van der Waals surface area (Å²) in [5.41, 5.74) is 2.74. The van der Waals surface area contributed by atoms with Crippen LogP contribution in [0.4, 0.5) is 5.69 Å². The topological polar surface area (TPSA) is 62.2 Å². The zero-order valence-electron chi connectivity index (χ0n) is 10.3. The number of pyridine rings is 1. The Morgan fingerprint density at radius 3 is 2.67 bits per heavy atom. The summed E-state index contributed by atoms with van der Waals surface area (Å²) in [7, 11) is 0. The summed E-state index contributed by atoms with van der Waals surface area (Å²) in [4.78, 5) is 16.0. The first kappa shape index (κ1) is 12.1. The maximum atomic E-state index is 12.0. The molecule has 1 aromatic carbocycles. The van der Waals surface area contributed by atoms with Gasteiger partial charge in [0.1, 0.15) is 5.75 Å². The number of anilines is 1. The average Bonchev–Trinajstić information content (AvgIpc) is 2.32. The van der Waals surface area contributed by atoms with Gasteiger partial charge in [0.2, 0.25) is 0 Å². The average molecular weight is 242 g/mol. The molecule has 0 fully saturated rings. The fourth-order valence-corrected chi connectivity index (χ4v) is 1.62. The molecule has 0 bridgehead atoms. The highest BCUT2D eigenvalue weighted by Gasteiger charge is 2.07. The van der Waals surface area contributed by atoms with Crippen LogP contribution < -0.4 is 5.32 Å². The summed E-state index contributed by atoms with van der Waals surface area (Å²) in [6.07, 6.45) is 1.65. The van der Waals surface area contributed by atoms with Crippen LogP contribution >= 0.6 is 0 Å². The van der Waals surface area contributed by atoms with Crippen molar-refractivity contribution in [1.29, 1.82) is 0 Å². The quantitative estimate of drug-likeness (QED) is 0.851. The summed E-state index contributed by atoms with van der Waals surface area (Å²) >= 11 is 0. The molecule has 0 aliphatic carbocycles. The number of benzene rings is 1. The van der Waals surface area contributed by atoms with Crippen LogP contribution in [-0.4, -0.2) is 16.0 Å². The van der Waals surface area contributed by atoms with E-state index in [1.165, 1.54) is 6.07 Å². The molecule has 0 spiro atoms. The highest BCUT2D eigenvalue weighted by molar-refractivity contribution is 6.04. The van der Waals surface area contributed by atoms with Crippen LogP contribution in [0.1, 0.15) is 21.6 Å². The summed E-state index contributed by atoms with van der Waals surface area (Å²) < 4.78 is 0. The van der Waals surface area contributed by atoms with E-state index in [0.717, 1.165) is 5.69 Å². The van der Waals surface area contributed by atoms with Gasteiger partial charge in [-0.3, -0.25) is 9.78 Å². The van der Waals surface area contributed by atoms with Gasteiger partial charge in [-0.25, -0.2) is 0 Å². The van der Waals surface area contributed by atoms with E-state index in [-0.39, 0.29) is 11.7 Å². The summed E-state index contributed by atoms with van der Waals surface area (Å²) in [6, 6.07) is 8.29. The molecule has 1 heterocycles. The number of nitrogens with one attached hydrogen (secondary N) is 1. The van der Waals surface area contributed by atoms with Crippen LogP contribution in [0.25, 0.3) is 0 Å². The van der Waals surface area contributed by atoms with E-state index >= 15 is 0 Å². The highest BCUT2D eigenvalue weighted by atomic mass is 16.3. The van der Waals surface area contributed by atoms with Gasteiger partial charge in [-0.2, -0.15) is 0 Å². The first-order valence-electron chi connectivity index (χ1n) is 5.60. The van der Waals surface area contributed by atoms with Crippen LogP contribution in [0.5, 0.6) is 5.75 Å². The molecule has 4 nitrogen and oxygen atoms in total.